The van der Waals surface area contributed by atoms with Crippen LogP contribution in [0.4, 0.5) is 0 Å². The molecule has 0 N–H and O–H groups in total. The van der Waals surface area contributed by atoms with Gasteiger partial charge in [0.15, 0.2) is 6.10 Å². The topological polar surface area (TPSA) is 78.9 Å². The van der Waals surface area contributed by atoms with Gasteiger partial charge in [0.2, 0.25) is 0 Å². The Labute approximate surface area is 332 Å². The number of allylic oxidation sites excluding steroid dienone is 10. The SMILES string of the molecule is CC/C=C\C/C=C\C/C=C\C/C=C\CCCCCC(=O)OCC(COC(=O)CCCCCCCCCCC)OC(=O)CCCCCCC/C=C\CCCC. The van der Waals surface area contributed by atoms with Crippen LogP contribution >= 0.6 is 0 Å². The third kappa shape index (κ3) is 40.3. The minimum atomic E-state index is -0.786. The van der Waals surface area contributed by atoms with Gasteiger partial charge in [0, 0.05) is 19.3 Å². The number of carbonyl (C=O) groups is 3. The summed E-state index contributed by atoms with van der Waals surface area (Å²) >= 11 is 0. The number of hydrogen-bond acceptors (Lipinski definition) is 6. The van der Waals surface area contributed by atoms with Gasteiger partial charge in [0.05, 0.1) is 0 Å². The first-order valence-corrected chi connectivity index (χ1v) is 22.3. The van der Waals surface area contributed by atoms with Crippen LogP contribution in [0.3, 0.4) is 0 Å². The fraction of sp³-hybridized carbons (Fsp3) is 0.729. The molecule has 310 valence electrons. The quantitative estimate of drug-likeness (QED) is 0.0269. The van der Waals surface area contributed by atoms with E-state index >= 15 is 0 Å². The number of unbranched alkanes of at least 4 members (excludes halogenated alkanes) is 18. The third-order valence-corrected chi connectivity index (χ3v) is 9.26. The van der Waals surface area contributed by atoms with Crippen LogP contribution in [0.5, 0.6) is 0 Å². The summed E-state index contributed by atoms with van der Waals surface area (Å²) in [4.78, 5) is 37.6. The molecule has 0 aromatic carbocycles. The van der Waals surface area contributed by atoms with E-state index in [-0.39, 0.29) is 31.1 Å². The predicted octanol–water partition coefficient (Wildman–Crippen LogP) is 14.1. The van der Waals surface area contributed by atoms with E-state index in [0.29, 0.717) is 19.3 Å². The summed E-state index contributed by atoms with van der Waals surface area (Å²) in [7, 11) is 0. The zero-order valence-electron chi connectivity index (χ0n) is 35.2. The molecule has 0 aromatic rings. The zero-order chi connectivity index (χ0) is 39.4. The van der Waals surface area contributed by atoms with Gasteiger partial charge in [-0.3, -0.25) is 14.4 Å². The van der Waals surface area contributed by atoms with Gasteiger partial charge >= 0.3 is 17.9 Å². The Bertz CT molecular complexity index is 1010. The Hall–Kier alpha value is -2.89. The van der Waals surface area contributed by atoms with Gasteiger partial charge in [-0.2, -0.15) is 0 Å². The van der Waals surface area contributed by atoms with Crippen molar-refractivity contribution < 1.29 is 28.6 Å². The van der Waals surface area contributed by atoms with Crippen LogP contribution in [0.25, 0.3) is 0 Å². The molecule has 0 aromatic heterocycles. The van der Waals surface area contributed by atoms with Crippen molar-refractivity contribution in [3.05, 3.63) is 60.8 Å². The summed E-state index contributed by atoms with van der Waals surface area (Å²) in [6, 6.07) is 0. The first kappa shape index (κ1) is 51.1. The molecular formula is C48H82O6. The molecule has 1 atom stereocenters. The van der Waals surface area contributed by atoms with E-state index in [1.807, 2.05) is 0 Å². The molecule has 0 aliphatic carbocycles. The highest BCUT2D eigenvalue weighted by Crippen LogP contribution is 2.13. The normalized spacial score (nSPS) is 12.6. The van der Waals surface area contributed by atoms with Gasteiger partial charge in [0.25, 0.3) is 0 Å². The van der Waals surface area contributed by atoms with E-state index in [4.69, 9.17) is 14.2 Å². The number of ether oxygens (including phenoxy) is 3. The van der Waals surface area contributed by atoms with Crippen LogP contribution in [0.2, 0.25) is 0 Å². The first-order valence-electron chi connectivity index (χ1n) is 22.3. The largest absolute Gasteiger partial charge is 0.462 e. The lowest BCUT2D eigenvalue weighted by molar-refractivity contribution is -0.167. The second-order valence-corrected chi connectivity index (χ2v) is 14.6. The maximum Gasteiger partial charge on any atom is 0.306 e. The Balaban J connectivity index is 4.42. The summed E-state index contributed by atoms with van der Waals surface area (Å²) in [5.74, 6) is -0.937. The number of rotatable bonds is 39. The molecule has 0 rings (SSSR count). The van der Waals surface area contributed by atoms with Crippen molar-refractivity contribution in [3.8, 4) is 0 Å². The molecule has 6 nitrogen and oxygen atoms in total. The highest BCUT2D eigenvalue weighted by Gasteiger charge is 2.19. The molecule has 0 heterocycles. The molecule has 0 radical (unpaired) electrons. The van der Waals surface area contributed by atoms with Gasteiger partial charge < -0.3 is 14.2 Å². The Morgan fingerprint density at radius 3 is 1.22 bits per heavy atom. The lowest BCUT2D eigenvalue weighted by Gasteiger charge is -2.18. The van der Waals surface area contributed by atoms with Gasteiger partial charge in [-0.25, -0.2) is 0 Å². The van der Waals surface area contributed by atoms with Crippen molar-refractivity contribution in [1.82, 2.24) is 0 Å². The van der Waals surface area contributed by atoms with Crippen LogP contribution in [-0.4, -0.2) is 37.2 Å². The first-order chi connectivity index (χ1) is 26.5. The molecule has 0 saturated carbocycles. The van der Waals surface area contributed by atoms with Crippen molar-refractivity contribution in [2.45, 2.75) is 213 Å². The van der Waals surface area contributed by atoms with Crippen LogP contribution in [0, 0.1) is 0 Å². The molecule has 0 bridgehead atoms. The minimum Gasteiger partial charge on any atom is -0.462 e. The summed E-state index contributed by atoms with van der Waals surface area (Å²) in [5, 5.41) is 0. The molecule has 0 saturated heterocycles. The second-order valence-electron chi connectivity index (χ2n) is 14.6. The van der Waals surface area contributed by atoms with E-state index in [0.717, 1.165) is 103 Å². The van der Waals surface area contributed by atoms with Crippen LogP contribution in [0.15, 0.2) is 60.8 Å². The average Bonchev–Trinajstić information content (AvgIpc) is 3.17. The maximum atomic E-state index is 12.7. The van der Waals surface area contributed by atoms with E-state index < -0.39 is 6.10 Å². The molecule has 0 spiro atoms. The van der Waals surface area contributed by atoms with Crippen molar-refractivity contribution in [1.29, 1.82) is 0 Å². The molecule has 0 aliphatic rings. The Morgan fingerprint density at radius 2 is 0.741 bits per heavy atom. The Morgan fingerprint density at radius 1 is 0.389 bits per heavy atom. The Kier molecular flexibility index (Phi) is 40.6. The molecule has 1 unspecified atom stereocenters. The highest BCUT2D eigenvalue weighted by atomic mass is 16.6. The van der Waals surface area contributed by atoms with Crippen molar-refractivity contribution in [2.24, 2.45) is 0 Å². The summed E-state index contributed by atoms with van der Waals surface area (Å²) in [5.41, 5.74) is 0. The lowest BCUT2D eigenvalue weighted by atomic mass is 10.1. The van der Waals surface area contributed by atoms with Gasteiger partial charge in [0.1, 0.15) is 13.2 Å². The minimum absolute atomic E-state index is 0.0874. The fourth-order valence-corrected chi connectivity index (χ4v) is 5.88. The smallest absolute Gasteiger partial charge is 0.306 e. The van der Waals surface area contributed by atoms with Crippen molar-refractivity contribution >= 4 is 17.9 Å². The predicted molar refractivity (Wildman–Crippen MR) is 228 cm³/mol. The zero-order valence-corrected chi connectivity index (χ0v) is 35.2. The fourth-order valence-electron chi connectivity index (χ4n) is 5.88. The second kappa shape index (κ2) is 42.8. The van der Waals surface area contributed by atoms with Crippen LogP contribution in [0.1, 0.15) is 207 Å². The number of esters is 3. The number of hydrogen-bond donors (Lipinski definition) is 0. The van der Waals surface area contributed by atoms with Crippen LogP contribution < -0.4 is 0 Å². The van der Waals surface area contributed by atoms with Crippen molar-refractivity contribution in [2.75, 3.05) is 13.2 Å². The van der Waals surface area contributed by atoms with Gasteiger partial charge in [-0.05, 0) is 77.0 Å². The van der Waals surface area contributed by atoms with Crippen LogP contribution in [-0.2, 0) is 28.6 Å². The molecule has 6 heteroatoms. The van der Waals surface area contributed by atoms with Crippen molar-refractivity contribution in [3.63, 3.8) is 0 Å². The maximum absolute atomic E-state index is 12.7. The molecule has 0 fully saturated rings. The van der Waals surface area contributed by atoms with Gasteiger partial charge in [-0.15, -0.1) is 0 Å². The van der Waals surface area contributed by atoms with E-state index in [1.165, 1.54) is 64.2 Å². The van der Waals surface area contributed by atoms with E-state index in [2.05, 4.69) is 81.5 Å². The van der Waals surface area contributed by atoms with E-state index in [9.17, 15) is 14.4 Å². The lowest BCUT2D eigenvalue weighted by Crippen LogP contribution is -2.30. The molecular weight excluding hydrogens is 673 g/mol. The summed E-state index contributed by atoms with van der Waals surface area (Å²) in [6.45, 7) is 6.41. The van der Waals surface area contributed by atoms with E-state index in [1.54, 1.807) is 0 Å². The third-order valence-electron chi connectivity index (χ3n) is 9.26. The number of carbonyl (C=O) groups excluding carboxylic acids is 3. The molecule has 54 heavy (non-hydrogen) atoms. The summed E-state index contributed by atoms with van der Waals surface area (Å²) < 4.78 is 16.6. The monoisotopic (exact) mass is 755 g/mol. The molecule has 0 amide bonds. The highest BCUT2D eigenvalue weighted by molar-refractivity contribution is 5.71. The van der Waals surface area contributed by atoms with Gasteiger partial charge in [-0.1, -0.05) is 171 Å². The molecule has 0 aliphatic heterocycles. The average molecular weight is 755 g/mol. The summed E-state index contributed by atoms with van der Waals surface area (Å²) in [6.07, 6.45) is 50.6. The standard InChI is InChI=1S/C48H82O6/c1-4-7-10-13-16-19-21-22-23-24-25-27-29-32-35-38-41-47(50)53-44-45(43-52-46(49)40-37-34-31-28-18-15-12-9-6-3)54-48(51)42-39-36-33-30-26-20-17-14-11-8-5-2/h7,10,14,16-17,19,22-23,25,27,45H,4-6,8-9,11-13,15,18,20-21,24,26,28-44H2,1-3H3/b10-7-,17-14-,19-16-,23-22-,27-25-.